The molecule has 1 amide bonds. The van der Waals surface area contributed by atoms with Crippen LogP contribution in [-0.4, -0.2) is 67.1 Å². The van der Waals surface area contributed by atoms with Crippen molar-refractivity contribution in [3.63, 3.8) is 0 Å². The average Bonchev–Trinajstić information content (AvgIpc) is 2.93. The van der Waals surface area contributed by atoms with Crippen LogP contribution in [0.3, 0.4) is 0 Å². The van der Waals surface area contributed by atoms with Gasteiger partial charge in [0.15, 0.2) is 17.2 Å². The van der Waals surface area contributed by atoms with Crippen LogP contribution in [0.15, 0.2) is 55.3 Å². The van der Waals surface area contributed by atoms with E-state index in [2.05, 4.69) is 37.1 Å². The number of rotatable bonds is 11. The van der Waals surface area contributed by atoms with E-state index in [1.165, 1.54) is 12.1 Å². The Morgan fingerprint density at radius 1 is 1.02 bits per heavy atom. The van der Waals surface area contributed by atoms with Gasteiger partial charge >= 0.3 is 0 Å². The molecule has 0 atom stereocenters. The molecule has 4 aromatic rings. The number of anilines is 4. The number of pyridine rings is 1. The lowest BCUT2D eigenvalue weighted by molar-refractivity contribution is -0.111. The largest absolute Gasteiger partial charge is 0.494 e. The van der Waals surface area contributed by atoms with Crippen LogP contribution in [0, 0.1) is 18.6 Å². The molecule has 0 aliphatic rings. The highest BCUT2D eigenvalue weighted by atomic mass is 19.1. The zero-order valence-electron chi connectivity index (χ0n) is 23.5. The Morgan fingerprint density at radius 3 is 2.49 bits per heavy atom. The first kappa shape index (κ1) is 29.2. The van der Waals surface area contributed by atoms with Crippen molar-refractivity contribution in [3.8, 4) is 17.2 Å². The highest BCUT2D eigenvalue weighted by molar-refractivity contribution is 6.02. The van der Waals surface area contributed by atoms with Gasteiger partial charge in [-0.2, -0.15) is 4.98 Å². The van der Waals surface area contributed by atoms with Gasteiger partial charge in [0.05, 0.1) is 29.9 Å². The van der Waals surface area contributed by atoms with Crippen molar-refractivity contribution < 1.29 is 23.0 Å². The molecule has 0 radical (unpaired) electrons. The van der Waals surface area contributed by atoms with Crippen LogP contribution in [-0.2, 0) is 4.79 Å². The molecule has 12 heteroatoms. The number of aryl methyl sites for hydroxylation is 1. The van der Waals surface area contributed by atoms with Crippen molar-refractivity contribution in [3.05, 3.63) is 72.6 Å². The van der Waals surface area contributed by atoms with E-state index >= 15 is 0 Å². The van der Waals surface area contributed by atoms with Crippen LogP contribution in [0.2, 0.25) is 0 Å². The van der Waals surface area contributed by atoms with E-state index < -0.39 is 11.6 Å². The van der Waals surface area contributed by atoms with Gasteiger partial charge in [-0.1, -0.05) is 6.58 Å². The minimum atomic E-state index is -0.826. The minimum Gasteiger partial charge on any atom is -0.494 e. The van der Waals surface area contributed by atoms with E-state index in [1.54, 1.807) is 32.4 Å². The van der Waals surface area contributed by atoms with Gasteiger partial charge in [-0.05, 0) is 51.4 Å². The molecule has 4 rings (SSSR count). The second-order valence-electron chi connectivity index (χ2n) is 9.47. The van der Waals surface area contributed by atoms with Crippen LogP contribution < -0.4 is 25.0 Å². The SMILES string of the molecule is C=CC(=O)Nc1cc(Nc2ncc3cc(Oc4ccc(F)cc4F)c(C)nc3n2)c(OC)cc1N(C)CCN(C)C. The maximum absolute atomic E-state index is 14.1. The molecule has 2 N–H and O–H groups in total. The summed E-state index contributed by atoms with van der Waals surface area (Å²) in [5.74, 6) is -0.990. The van der Waals surface area contributed by atoms with Crippen LogP contribution >= 0.6 is 0 Å². The summed E-state index contributed by atoms with van der Waals surface area (Å²) in [6.07, 6.45) is 2.74. The van der Waals surface area contributed by atoms with E-state index in [1.807, 2.05) is 32.1 Å². The number of nitrogens with one attached hydrogen (secondary N) is 2. The van der Waals surface area contributed by atoms with E-state index in [4.69, 9.17) is 9.47 Å². The number of carbonyl (C=O) groups is 1. The first-order chi connectivity index (χ1) is 19.6. The van der Waals surface area contributed by atoms with Crippen LogP contribution in [0.4, 0.5) is 31.8 Å². The van der Waals surface area contributed by atoms with Gasteiger partial charge in [0, 0.05) is 43.9 Å². The Balaban J connectivity index is 1.65. The van der Waals surface area contributed by atoms with E-state index in [0.717, 1.165) is 24.4 Å². The second-order valence-corrected chi connectivity index (χ2v) is 9.47. The molecule has 2 heterocycles. The molecule has 0 unspecified atom stereocenters. The molecule has 0 fully saturated rings. The molecule has 0 bridgehead atoms. The van der Waals surface area contributed by atoms with E-state index in [-0.39, 0.29) is 23.4 Å². The molecular formula is C29H31F2N7O3. The molecule has 0 aliphatic heterocycles. The molecule has 0 saturated carbocycles. The number of amides is 1. The summed E-state index contributed by atoms with van der Waals surface area (Å²) in [6, 6.07) is 8.26. The molecular weight excluding hydrogens is 532 g/mol. The van der Waals surface area contributed by atoms with Gasteiger partial charge < -0.3 is 29.9 Å². The maximum Gasteiger partial charge on any atom is 0.247 e. The first-order valence-corrected chi connectivity index (χ1v) is 12.6. The number of ether oxygens (including phenoxy) is 2. The number of halogens is 2. The van der Waals surface area contributed by atoms with Crippen LogP contribution in [0.1, 0.15) is 5.69 Å². The lowest BCUT2D eigenvalue weighted by Crippen LogP contribution is -2.29. The van der Waals surface area contributed by atoms with Crippen LogP contribution in [0.5, 0.6) is 17.2 Å². The third kappa shape index (κ3) is 7.03. The first-order valence-electron chi connectivity index (χ1n) is 12.6. The number of nitrogens with zero attached hydrogens (tertiary/aromatic N) is 5. The minimum absolute atomic E-state index is 0.128. The summed E-state index contributed by atoms with van der Waals surface area (Å²) in [6.45, 7) is 6.74. The third-order valence-corrected chi connectivity index (χ3v) is 6.13. The molecule has 214 valence electrons. The Labute approximate surface area is 236 Å². The summed E-state index contributed by atoms with van der Waals surface area (Å²) in [4.78, 5) is 29.7. The Hall–Kier alpha value is -4.84. The maximum atomic E-state index is 14.1. The summed E-state index contributed by atoms with van der Waals surface area (Å²) >= 11 is 0. The fourth-order valence-corrected chi connectivity index (χ4v) is 3.90. The zero-order chi connectivity index (χ0) is 29.7. The lowest BCUT2D eigenvalue weighted by atomic mass is 10.2. The van der Waals surface area contributed by atoms with Crippen molar-refractivity contribution in [2.24, 2.45) is 0 Å². The van der Waals surface area contributed by atoms with Gasteiger partial charge in [0.2, 0.25) is 11.9 Å². The second kappa shape index (κ2) is 12.6. The van der Waals surface area contributed by atoms with Crippen molar-refractivity contribution in [2.45, 2.75) is 6.92 Å². The smallest absolute Gasteiger partial charge is 0.247 e. The number of benzene rings is 2. The number of hydrogen-bond donors (Lipinski definition) is 2. The van der Waals surface area contributed by atoms with Gasteiger partial charge in [0.25, 0.3) is 0 Å². The summed E-state index contributed by atoms with van der Waals surface area (Å²) in [5.41, 5.74) is 2.63. The normalized spacial score (nSPS) is 10.9. The standard InChI is InChI=1S/C29H31F2N7O3/c1-7-27(39)34-21-14-22(26(40-6)15-23(21)38(5)11-10-37(3)4)35-29-32-16-18-12-25(17(2)33-28(18)36-29)41-24-9-8-19(30)13-20(24)31/h7-9,12-16H,1,10-11H2,2-6H3,(H,34,39)(H,32,33,35,36). The Morgan fingerprint density at radius 2 is 1.80 bits per heavy atom. The van der Waals surface area contributed by atoms with E-state index in [9.17, 15) is 13.6 Å². The van der Waals surface area contributed by atoms with Crippen molar-refractivity contribution in [1.29, 1.82) is 0 Å². The predicted molar refractivity (Wildman–Crippen MR) is 155 cm³/mol. The highest BCUT2D eigenvalue weighted by Gasteiger charge is 2.17. The van der Waals surface area contributed by atoms with Crippen LogP contribution in [0.25, 0.3) is 11.0 Å². The lowest BCUT2D eigenvalue weighted by Gasteiger charge is -2.26. The summed E-state index contributed by atoms with van der Waals surface area (Å²) in [5, 5.41) is 6.54. The quantitative estimate of drug-likeness (QED) is 0.236. The Bertz CT molecular complexity index is 1600. The summed E-state index contributed by atoms with van der Waals surface area (Å²) < 4.78 is 38.6. The number of aromatic nitrogens is 3. The molecule has 0 aliphatic carbocycles. The molecule has 41 heavy (non-hydrogen) atoms. The van der Waals surface area contributed by atoms with Gasteiger partial charge in [0.1, 0.15) is 17.3 Å². The molecule has 0 spiro atoms. The van der Waals surface area contributed by atoms with Crippen molar-refractivity contribution >= 4 is 40.0 Å². The monoisotopic (exact) mass is 563 g/mol. The topological polar surface area (TPSA) is 105 Å². The predicted octanol–water partition coefficient (Wildman–Crippen LogP) is 5.28. The molecule has 0 saturated heterocycles. The number of methoxy groups -OCH3 is 1. The molecule has 10 nitrogen and oxygen atoms in total. The number of likely N-dealkylation sites (N-methyl/N-ethyl adjacent to an activating group) is 2. The number of hydrogen-bond acceptors (Lipinski definition) is 9. The van der Waals surface area contributed by atoms with Crippen molar-refractivity contribution in [1.82, 2.24) is 19.9 Å². The number of carbonyl (C=O) groups excluding carboxylic acids is 1. The highest BCUT2D eigenvalue weighted by Crippen LogP contribution is 2.38. The Kier molecular flexibility index (Phi) is 8.93. The van der Waals surface area contributed by atoms with Gasteiger partial charge in [-0.15, -0.1) is 0 Å². The van der Waals surface area contributed by atoms with Gasteiger partial charge in [-0.25, -0.2) is 18.7 Å². The zero-order valence-corrected chi connectivity index (χ0v) is 23.5. The average molecular weight is 564 g/mol. The third-order valence-electron chi connectivity index (χ3n) is 6.13. The van der Waals surface area contributed by atoms with E-state index in [0.29, 0.717) is 40.4 Å². The fraction of sp³-hybridized carbons (Fsp3) is 0.241. The fourth-order valence-electron chi connectivity index (χ4n) is 3.90. The molecule has 2 aromatic carbocycles. The van der Waals surface area contributed by atoms with Crippen molar-refractivity contribution in [2.75, 3.05) is 56.9 Å². The van der Waals surface area contributed by atoms with Gasteiger partial charge in [-0.3, -0.25) is 4.79 Å². The molecule has 2 aromatic heterocycles. The number of fused-ring (bicyclic) bond motifs is 1. The summed E-state index contributed by atoms with van der Waals surface area (Å²) in [7, 11) is 7.45.